The van der Waals surface area contributed by atoms with Crippen LogP contribution in [-0.2, 0) is 30.5 Å². The van der Waals surface area contributed by atoms with Crippen LogP contribution in [0.25, 0.3) is 0 Å². The van der Waals surface area contributed by atoms with E-state index in [1.807, 2.05) is 6.07 Å². The highest BCUT2D eigenvalue weighted by atomic mass is 16.5. The fourth-order valence-corrected chi connectivity index (χ4v) is 2.30. The Labute approximate surface area is 163 Å². The maximum atomic E-state index is 12.4. The molecule has 0 spiro atoms. The highest BCUT2D eigenvalue weighted by Gasteiger charge is 2.30. The summed E-state index contributed by atoms with van der Waals surface area (Å²) in [6, 6.07) is 6.50. The minimum atomic E-state index is -1.35. The molecule has 2 amide bonds. The van der Waals surface area contributed by atoms with E-state index < -0.39 is 36.2 Å². The van der Waals surface area contributed by atoms with Gasteiger partial charge in [-0.15, -0.1) is 0 Å². The number of esters is 1. The molecule has 28 heavy (non-hydrogen) atoms. The molecule has 9 heteroatoms. The van der Waals surface area contributed by atoms with Crippen molar-refractivity contribution in [2.75, 3.05) is 7.11 Å². The smallest absolute Gasteiger partial charge is 0.408 e. The van der Waals surface area contributed by atoms with Gasteiger partial charge in [-0.3, -0.25) is 4.79 Å². The first-order chi connectivity index (χ1) is 13.2. The van der Waals surface area contributed by atoms with Crippen LogP contribution in [0.1, 0.15) is 32.3 Å². The van der Waals surface area contributed by atoms with E-state index in [0.29, 0.717) is 0 Å². The first-order valence-corrected chi connectivity index (χ1v) is 8.77. The van der Waals surface area contributed by atoms with Gasteiger partial charge in [0.25, 0.3) is 0 Å². The summed E-state index contributed by atoms with van der Waals surface area (Å²) in [5, 5.41) is 14.5. The first kappa shape index (κ1) is 23.1. The zero-order chi connectivity index (χ0) is 21.1. The minimum absolute atomic E-state index is 0.00970. The van der Waals surface area contributed by atoms with Crippen molar-refractivity contribution in [1.82, 2.24) is 10.6 Å². The van der Waals surface area contributed by atoms with Crippen molar-refractivity contribution >= 4 is 23.8 Å². The van der Waals surface area contributed by atoms with Crippen molar-refractivity contribution < 1.29 is 33.8 Å². The van der Waals surface area contributed by atoms with Gasteiger partial charge in [0.2, 0.25) is 5.91 Å². The SMILES string of the molecule is COC(=O)[C@H](CCC(C)=O)NC(=O)[C@@H](NC(=O)OCc1ccccc1)[C@@H](C)O. The van der Waals surface area contributed by atoms with Gasteiger partial charge in [-0.1, -0.05) is 30.3 Å². The second kappa shape index (κ2) is 11.7. The monoisotopic (exact) mass is 394 g/mol. The maximum Gasteiger partial charge on any atom is 0.408 e. The third kappa shape index (κ3) is 8.17. The molecule has 0 fully saturated rings. The summed E-state index contributed by atoms with van der Waals surface area (Å²) in [6.45, 7) is 2.66. The number of aliphatic hydroxyl groups excluding tert-OH is 1. The molecule has 1 aromatic carbocycles. The first-order valence-electron chi connectivity index (χ1n) is 8.77. The number of methoxy groups -OCH3 is 1. The van der Waals surface area contributed by atoms with Crippen LogP contribution in [0, 0.1) is 0 Å². The molecule has 3 atom stereocenters. The van der Waals surface area contributed by atoms with Gasteiger partial charge in [0.15, 0.2) is 0 Å². The number of amides is 2. The van der Waals surface area contributed by atoms with Crippen LogP contribution in [-0.4, -0.2) is 54.2 Å². The van der Waals surface area contributed by atoms with Gasteiger partial charge in [-0.25, -0.2) is 9.59 Å². The number of benzene rings is 1. The van der Waals surface area contributed by atoms with Crippen LogP contribution in [0.4, 0.5) is 4.79 Å². The Hall–Kier alpha value is -2.94. The number of hydrogen-bond donors (Lipinski definition) is 3. The molecule has 0 aliphatic rings. The molecule has 0 aliphatic heterocycles. The van der Waals surface area contributed by atoms with Crippen molar-refractivity contribution in [2.24, 2.45) is 0 Å². The summed E-state index contributed by atoms with van der Waals surface area (Å²) in [6.07, 6.45) is -2.05. The number of ether oxygens (including phenoxy) is 2. The molecule has 1 rings (SSSR count). The molecular formula is C19H26N2O7. The number of carbonyl (C=O) groups is 4. The third-order valence-corrected chi connectivity index (χ3v) is 3.84. The molecule has 0 heterocycles. The van der Waals surface area contributed by atoms with E-state index in [-0.39, 0.29) is 25.2 Å². The van der Waals surface area contributed by atoms with Crippen molar-refractivity contribution in [2.45, 2.75) is 51.5 Å². The molecule has 0 aliphatic carbocycles. The maximum absolute atomic E-state index is 12.4. The van der Waals surface area contributed by atoms with Crippen molar-refractivity contribution in [3.63, 3.8) is 0 Å². The van der Waals surface area contributed by atoms with Gasteiger partial charge >= 0.3 is 12.1 Å². The zero-order valence-corrected chi connectivity index (χ0v) is 16.1. The molecule has 0 aromatic heterocycles. The lowest BCUT2D eigenvalue weighted by atomic mass is 10.1. The molecule has 0 saturated carbocycles. The lowest BCUT2D eigenvalue weighted by Crippen LogP contribution is -2.56. The molecule has 3 N–H and O–H groups in total. The Morgan fingerprint density at radius 2 is 1.75 bits per heavy atom. The predicted octanol–water partition coefficient (Wildman–Crippen LogP) is 0.689. The molecule has 0 radical (unpaired) electrons. The summed E-state index contributed by atoms with van der Waals surface area (Å²) >= 11 is 0. The fourth-order valence-electron chi connectivity index (χ4n) is 2.30. The van der Waals surface area contributed by atoms with E-state index in [1.54, 1.807) is 24.3 Å². The topological polar surface area (TPSA) is 131 Å². The van der Waals surface area contributed by atoms with Crippen LogP contribution in [0.2, 0.25) is 0 Å². The van der Waals surface area contributed by atoms with Crippen molar-refractivity contribution in [1.29, 1.82) is 0 Å². The Bertz CT molecular complexity index is 676. The van der Waals surface area contributed by atoms with Crippen LogP contribution in [0.5, 0.6) is 0 Å². The third-order valence-electron chi connectivity index (χ3n) is 3.84. The summed E-state index contributed by atoms with van der Waals surface area (Å²) in [7, 11) is 1.15. The Balaban J connectivity index is 2.68. The number of aliphatic hydroxyl groups is 1. The van der Waals surface area contributed by atoms with E-state index in [9.17, 15) is 24.3 Å². The number of Topliss-reactive ketones (excluding diaryl/α,β-unsaturated/α-hetero) is 1. The van der Waals surface area contributed by atoms with Gasteiger partial charge in [-0.2, -0.15) is 0 Å². The highest BCUT2D eigenvalue weighted by molar-refractivity contribution is 5.90. The average Bonchev–Trinajstić information content (AvgIpc) is 2.67. The summed E-state index contributed by atoms with van der Waals surface area (Å²) in [5.41, 5.74) is 0.755. The summed E-state index contributed by atoms with van der Waals surface area (Å²) in [5.74, 6) is -1.69. The lowest BCUT2D eigenvalue weighted by molar-refractivity contribution is -0.146. The van der Waals surface area contributed by atoms with Crippen molar-refractivity contribution in [3.05, 3.63) is 35.9 Å². The van der Waals surface area contributed by atoms with Gasteiger partial charge in [0.05, 0.1) is 13.2 Å². The van der Waals surface area contributed by atoms with E-state index >= 15 is 0 Å². The molecule has 1 aromatic rings. The quantitative estimate of drug-likeness (QED) is 0.498. The Morgan fingerprint density at radius 1 is 1.11 bits per heavy atom. The molecule has 154 valence electrons. The van der Waals surface area contributed by atoms with E-state index in [4.69, 9.17) is 4.74 Å². The second-order valence-corrected chi connectivity index (χ2v) is 6.25. The summed E-state index contributed by atoms with van der Waals surface area (Å²) < 4.78 is 9.65. The largest absolute Gasteiger partial charge is 0.467 e. The average molecular weight is 394 g/mol. The van der Waals surface area contributed by atoms with Crippen molar-refractivity contribution in [3.8, 4) is 0 Å². The fraction of sp³-hybridized carbons (Fsp3) is 0.474. The number of carbonyl (C=O) groups excluding carboxylic acids is 4. The van der Waals surface area contributed by atoms with Crippen LogP contribution < -0.4 is 10.6 Å². The number of ketones is 1. The van der Waals surface area contributed by atoms with E-state index in [2.05, 4.69) is 15.4 Å². The second-order valence-electron chi connectivity index (χ2n) is 6.25. The zero-order valence-electron chi connectivity index (χ0n) is 16.1. The van der Waals surface area contributed by atoms with Gasteiger partial charge in [0.1, 0.15) is 24.5 Å². The van der Waals surface area contributed by atoms with Crippen LogP contribution >= 0.6 is 0 Å². The van der Waals surface area contributed by atoms with E-state index in [1.165, 1.54) is 13.8 Å². The molecular weight excluding hydrogens is 368 g/mol. The predicted molar refractivity (Wildman–Crippen MR) is 99.1 cm³/mol. The number of nitrogens with one attached hydrogen (secondary N) is 2. The minimum Gasteiger partial charge on any atom is -0.467 e. The molecule has 0 bridgehead atoms. The molecule has 9 nitrogen and oxygen atoms in total. The molecule has 0 unspecified atom stereocenters. The normalized spacial score (nSPS) is 13.6. The highest BCUT2D eigenvalue weighted by Crippen LogP contribution is 2.05. The van der Waals surface area contributed by atoms with E-state index in [0.717, 1.165) is 12.7 Å². The standard InChI is InChI=1S/C19H26N2O7/c1-12(22)9-10-15(18(25)27-3)20-17(24)16(13(2)23)21-19(26)28-11-14-7-5-4-6-8-14/h4-8,13,15-16,23H,9-11H2,1-3H3,(H,20,24)(H,21,26)/t13-,15+,16+/m1/s1. The Kier molecular flexibility index (Phi) is 9.66. The lowest BCUT2D eigenvalue weighted by Gasteiger charge is -2.23. The van der Waals surface area contributed by atoms with Crippen LogP contribution in [0.15, 0.2) is 30.3 Å². The number of hydrogen-bond acceptors (Lipinski definition) is 7. The van der Waals surface area contributed by atoms with Gasteiger partial charge in [-0.05, 0) is 25.8 Å². The van der Waals surface area contributed by atoms with Gasteiger partial charge < -0.3 is 30.0 Å². The number of rotatable bonds is 10. The number of alkyl carbamates (subject to hydrolysis) is 1. The van der Waals surface area contributed by atoms with Gasteiger partial charge in [0, 0.05) is 6.42 Å². The Morgan fingerprint density at radius 3 is 2.29 bits per heavy atom. The van der Waals surface area contributed by atoms with Crippen LogP contribution in [0.3, 0.4) is 0 Å². The molecule has 0 saturated heterocycles. The summed E-state index contributed by atoms with van der Waals surface area (Å²) in [4.78, 5) is 47.4.